The topological polar surface area (TPSA) is 102 Å². The van der Waals surface area contributed by atoms with E-state index in [0.717, 1.165) is 58.7 Å². The van der Waals surface area contributed by atoms with E-state index < -0.39 is 0 Å². The Morgan fingerprint density at radius 3 is 2.81 bits per heavy atom. The van der Waals surface area contributed by atoms with E-state index in [1.54, 1.807) is 0 Å². The summed E-state index contributed by atoms with van der Waals surface area (Å²) in [6, 6.07) is 7.95. The normalized spacial score (nSPS) is 16.2. The Balaban J connectivity index is 0.000000730. The predicted octanol–water partition coefficient (Wildman–Crippen LogP) is 3.60. The molecule has 9 heteroatoms. The van der Waals surface area contributed by atoms with Crippen molar-refractivity contribution in [1.29, 1.82) is 0 Å². The van der Waals surface area contributed by atoms with Gasteiger partial charge in [-0.15, -0.1) is 0 Å². The molecule has 1 aliphatic heterocycles. The lowest BCUT2D eigenvalue weighted by molar-refractivity contribution is -0.122. The van der Waals surface area contributed by atoms with Crippen LogP contribution < -0.4 is 0 Å². The summed E-state index contributed by atoms with van der Waals surface area (Å²) in [7, 11) is 2.15. The van der Waals surface area contributed by atoms with Gasteiger partial charge in [0.25, 0.3) is 6.47 Å². The number of nitrogens with zero attached hydrogens (tertiary/aromatic N) is 6. The second-order valence-corrected chi connectivity index (χ2v) is 7.62. The maximum atomic E-state index is 8.36. The number of fused-ring (bicyclic) bond motifs is 3. The number of carboxylic acid groups (broad SMARTS) is 1. The Hall–Kier alpha value is -3.77. The second kappa shape index (κ2) is 8.53. The first kappa shape index (κ1) is 20.5. The van der Waals surface area contributed by atoms with Crippen molar-refractivity contribution in [2.75, 3.05) is 20.1 Å². The summed E-state index contributed by atoms with van der Waals surface area (Å²) in [5, 5.41) is 12.0. The van der Waals surface area contributed by atoms with Gasteiger partial charge in [-0.2, -0.15) is 0 Å². The molecule has 31 heavy (non-hydrogen) atoms. The lowest BCUT2D eigenvalue weighted by Gasteiger charge is -2.17. The number of hydrogen-bond donors (Lipinski definition) is 1. The van der Waals surface area contributed by atoms with Crippen LogP contribution >= 0.6 is 0 Å². The Labute approximate surface area is 178 Å². The Bertz CT molecular complexity index is 1290. The highest BCUT2D eigenvalue weighted by Crippen LogP contribution is 2.33. The molecule has 0 radical (unpaired) electrons. The maximum absolute atomic E-state index is 8.36. The molecule has 1 fully saturated rings. The second-order valence-electron chi connectivity index (χ2n) is 7.62. The molecule has 4 aromatic rings. The van der Waals surface area contributed by atoms with Gasteiger partial charge in [0, 0.05) is 24.0 Å². The van der Waals surface area contributed by atoms with E-state index in [1.807, 2.05) is 37.4 Å². The number of likely N-dealkylation sites (tertiary alicyclic amines) is 1. The first-order valence-corrected chi connectivity index (χ1v) is 9.89. The molecule has 158 valence electrons. The number of likely N-dealkylation sites (N-methyl/N-ethyl adjacent to an activating group) is 1. The van der Waals surface area contributed by atoms with Crippen LogP contribution in [-0.2, 0) is 11.2 Å². The number of aryl methyl sites for hydroxylation is 1. The molecule has 0 unspecified atom stereocenters. The van der Waals surface area contributed by atoms with E-state index in [4.69, 9.17) is 26.0 Å². The number of pyridine rings is 1. The molecular weight excluding hydrogens is 396 g/mol. The van der Waals surface area contributed by atoms with Crippen molar-refractivity contribution in [3.63, 3.8) is 0 Å². The summed E-state index contributed by atoms with van der Waals surface area (Å²) in [5.74, 6) is 1.76. The van der Waals surface area contributed by atoms with Gasteiger partial charge in [0.1, 0.15) is 17.1 Å². The highest BCUT2D eigenvalue weighted by atomic mass is 16.5. The van der Waals surface area contributed by atoms with Gasteiger partial charge in [-0.05, 0) is 39.1 Å². The van der Waals surface area contributed by atoms with E-state index >= 15 is 0 Å². The lowest BCUT2D eigenvalue weighted by atomic mass is 10.1. The minimum Gasteiger partial charge on any atom is -0.483 e. The maximum Gasteiger partial charge on any atom is 0.290 e. The van der Waals surface area contributed by atoms with Gasteiger partial charge >= 0.3 is 0 Å². The molecule has 0 aliphatic carbocycles. The third-order valence-corrected chi connectivity index (χ3v) is 5.45. The van der Waals surface area contributed by atoms with Crippen molar-refractivity contribution in [2.45, 2.75) is 25.8 Å². The molecule has 9 nitrogen and oxygen atoms in total. The molecule has 5 rings (SSSR count). The van der Waals surface area contributed by atoms with E-state index in [9.17, 15) is 0 Å². The summed E-state index contributed by atoms with van der Waals surface area (Å²) in [4.78, 5) is 23.8. The van der Waals surface area contributed by atoms with Crippen LogP contribution in [0.2, 0.25) is 0 Å². The summed E-state index contributed by atoms with van der Waals surface area (Å²) < 4.78 is 7.60. The standard InChI is InChI=1S/C21H20N6O.CH2O2/c1-13-8-15(25-28-13)10-20-24-19-11-23-18-5-4-14(22-2)9-17(18)21(19)27(20)16-6-7-26(3)12-16;2-1-3/h4-5,8-9,11,16H,6-7,10,12H2,1,3H3;1H,(H,2,3)/t16-;/m1./s1. The Morgan fingerprint density at radius 2 is 2.16 bits per heavy atom. The monoisotopic (exact) mass is 418 g/mol. The zero-order chi connectivity index (χ0) is 22.0. The van der Waals surface area contributed by atoms with Gasteiger partial charge < -0.3 is 19.1 Å². The van der Waals surface area contributed by atoms with Gasteiger partial charge in [-0.1, -0.05) is 11.2 Å². The summed E-state index contributed by atoms with van der Waals surface area (Å²) >= 11 is 0. The number of rotatable bonds is 3. The van der Waals surface area contributed by atoms with Gasteiger partial charge in [-0.3, -0.25) is 9.78 Å². The number of aromatic nitrogens is 4. The van der Waals surface area contributed by atoms with Crippen molar-refractivity contribution in [3.8, 4) is 0 Å². The molecule has 1 saturated heterocycles. The average molecular weight is 418 g/mol. The molecule has 4 heterocycles. The predicted molar refractivity (Wildman–Crippen MR) is 115 cm³/mol. The zero-order valence-corrected chi connectivity index (χ0v) is 17.3. The van der Waals surface area contributed by atoms with Crippen LogP contribution in [0.25, 0.3) is 26.8 Å². The fourth-order valence-electron chi connectivity index (χ4n) is 4.19. The average Bonchev–Trinajstić information content (AvgIpc) is 3.46. The molecule has 0 bridgehead atoms. The smallest absolute Gasteiger partial charge is 0.290 e. The lowest BCUT2D eigenvalue weighted by Crippen LogP contribution is -2.18. The van der Waals surface area contributed by atoms with Crippen molar-refractivity contribution < 1.29 is 14.4 Å². The van der Waals surface area contributed by atoms with Crippen molar-refractivity contribution in [3.05, 3.63) is 59.2 Å². The quantitative estimate of drug-likeness (QED) is 0.401. The zero-order valence-electron chi connectivity index (χ0n) is 17.3. The summed E-state index contributed by atoms with van der Waals surface area (Å²) in [6.07, 6.45) is 3.51. The van der Waals surface area contributed by atoms with E-state index in [2.05, 4.69) is 31.5 Å². The summed E-state index contributed by atoms with van der Waals surface area (Å²) in [6.45, 7) is 11.1. The van der Waals surface area contributed by atoms with Crippen LogP contribution in [0, 0.1) is 13.5 Å². The van der Waals surface area contributed by atoms with Gasteiger partial charge in [-0.25, -0.2) is 9.83 Å². The molecule has 1 atom stereocenters. The third-order valence-electron chi connectivity index (χ3n) is 5.45. The van der Waals surface area contributed by atoms with Crippen molar-refractivity contribution >= 4 is 34.1 Å². The van der Waals surface area contributed by atoms with Crippen molar-refractivity contribution in [1.82, 2.24) is 24.6 Å². The molecular formula is C22H22N6O3. The third kappa shape index (κ3) is 3.98. The van der Waals surface area contributed by atoms with E-state index in [0.29, 0.717) is 18.2 Å². The fraction of sp³-hybridized carbons (Fsp3) is 0.318. The molecule has 1 aliphatic rings. The van der Waals surface area contributed by atoms with Crippen LogP contribution in [0.3, 0.4) is 0 Å². The number of hydrogen-bond acceptors (Lipinski definition) is 6. The van der Waals surface area contributed by atoms with Crippen LogP contribution in [0.5, 0.6) is 0 Å². The molecule has 0 amide bonds. The van der Waals surface area contributed by atoms with Gasteiger partial charge in [0.2, 0.25) is 0 Å². The van der Waals surface area contributed by atoms with E-state index in [1.165, 1.54) is 0 Å². The molecule has 1 aromatic carbocycles. The van der Waals surface area contributed by atoms with Crippen LogP contribution in [-0.4, -0.2) is 56.3 Å². The minimum atomic E-state index is -0.250. The molecule has 3 aromatic heterocycles. The van der Waals surface area contributed by atoms with Crippen LogP contribution in [0.15, 0.2) is 35.0 Å². The highest BCUT2D eigenvalue weighted by molar-refractivity contribution is 6.03. The Morgan fingerprint density at radius 1 is 1.35 bits per heavy atom. The van der Waals surface area contributed by atoms with Crippen LogP contribution in [0.4, 0.5) is 5.69 Å². The number of carbonyl (C=O) groups is 1. The number of benzene rings is 1. The minimum absolute atomic E-state index is 0.250. The van der Waals surface area contributed by atoms with Crippen LogP contribution in [0.1, 0.15) is 29.7 Å². The number of imidazole rings is 1. The van der Waals surface area contributed by atoms with Gasteiger partial charge in [0.05, 0.1) is 35.9 Å². The summed E-state index contributed by atoms with van der Waals surface area (Å²) in [5.41, 5.74) is 4.30. The Kier molecular flexibility index (Phi) is 5.64. The SMILES string of the molecule is O=CO.[C-]#[N+]c1ccc2ncc3nc(Cc4cc(C)on4)n([C@@H]4CCN(C)C4)c3c2c1. The largest absolute Gasteiger partial charge is 0.483 e. The highest BCUT2D eigenvalue weighted by Gasteiger charge is 2.27. The first-order chi connectivity index (χ1) is 15.0. The van der Waals surface area contributed by atoms with Gasteiger partial charge in [0.15, 0.2) is 5.69 Å². The van der Waals surface area contributed by atoms with Crippen molar-refractivity contribution in [2.24, 2.45) is 0 Å². The molecule has 1 N–H and O–H groups in total. The molecule has 0 saturated carbocycles. The van der Waals surface area contributed by atoms with E-state index in [-0.39, 0.29) is 6.47 Å². The fourth-order valence-corrected chi connectivity index (χ4v) is 4.19. The molecule has 0 spiro atoms. The first-order valence-electron chi connectivity index (χ1n) is 9.89.